The third-order valence-electron chi connectivity index (χ3n) is 5.56. The normalized spacial score (nSPS) is 19.0. The summed E-state index contributed by atoms with van der Waals surface area (Å²) in [6.07, 6.45) is 0. The number of likely N-dealkylation sites (tertiary alicyclic amines) is 1. The van der Waals surface area contributed by atoms with Crippen molar-refractivity contribution in [1.82, 2.24) is 9.80 Å². The second kappa shape index (κ2) is 9.62. The summed E-state index contributed by atoms with van der Waals surface area (Å²) in [5.41, 5.74) is 0.928. The number of rotatable bonds is 8. The summed E-state index contributed by atoms with van der Waals surface area (Å²) in [7, 11) is 0. The average molecular weight is 475 g/mol. The monoisotopic (exact) mass is 474 g/mol. The molecule has 158 valence electrons. The molecule has 5 nitrogen and oxygen atoms in total. The first-order chi connectivity index (χ1) is 14.4. The van der Waals surface area contributed by atoms with Crippen molar-refractivity contribution < 1.29 is 18.8 Å². The summed E-state index contributed by atoms with van der Waals surface area (Å²) in [6.45, 7) is 6.67. The minimum Gasteiger partial charge on any atom is -0.327 e. The lowest BCUT2D eigenvalue weighted by Crippen LogP contribution is -2.38. The summed E-state index contributed by atoms with van der Waals surface area (Å²) in [4.78, 5) is 42.7. The van der Waals surface area contributed by atoms with E-state index in [1.807, 2.05) is 38.1 Å². The number of carbonyl (C=O) groups excluding carboxylic acids is 3. The van der Waals surface area contributed by atoms with Gasteiger partial charge in [-0.15, -0.1) is 0 Å². The molecule has 0 aliphatic carbocycles. The van der Waals surface area contributed by atoms with Gasteiger partial charge in [-0.25, -0.2) is 4.39 Å². The maximum absolute atomic E-state index is 13.3. The Morgan fingerprint density at radius 2 is 1.77 bits per heavy atom. The molecule has 3 rings (SSSR count). The van der Waals surface area contributed by atoms with Crippen molar-refractivity contribution in [2.45, 2.75) is 19.9 Å². The van der Waals surface area contributed by atoms with Gasteiger partial charge >= 0.3 is 0 Å². The quantitative estimate of drug-likeness (QED) is 0.331. The predicted octanol–water partition coefficient (Wildman–Crippen LogP) is 3.88. The number of hydrogen-bond donors (Lipinski definition) is 0. The summed E-state index contributed by atoms with van der Waals surface area (Å²) in [5.74, 6) is -3.45. The van der Waals surface area contributed by atoms with Crippen molar-refractivity contribution in [3.8, 4) is 0 Å². The zero-order valence-electron chi connectivity index (χ0n) is 17.0. The number of likely N-dealkylation sites (N-methyl/N-ethyl adjacent to an activating group) is 1. The third kappa shape index (κ3) is 4.52. The molecule has 2 atom stereocenters. The lowest BCUT2D eigenvalue weighted by atomic mass is 9.86. The van der Waals surface area contributed by atoms with Gasteiger partial charge < -0.3 is 9.80 Å². The van der Waals surface area contributed by atoms with Crippen molar-refractivity contribution in [2.24, 2.45) is 5.92 Å². The Morgan fingerprint density at radius 1 is 1.10 bits per heavy atom. The fraction of sp³-hybridized carbons (Fsp3) is 0.348. The van der Waals surface area contributed by atoms with Crippen LogP contribution in [0.2, 0.25) is 0 Å². The van der Waals surface area contributed by atoms with Gasteiger partial charge in [0, 0.05) is 23.1 Å². The van der Waals surface area contributed by atoms with Crippen LogP contribution in [0.4, 0.5) is 4.39 Å². The number of carbonyl (C=O) groups is 3. The van der Waals surface area contributed by atoms with E-state index < -0.39 is 35.3 Å². The number of amides is 1. The Hall–Kier alpha value is -2.38. The minimum absolute atomic E-state index is 0.216. The molecule has 2 aromatic rings. The maximum atomic E-state index is 13.3. The first-order valence-electron chi connectivity index (χ1n) is 9.99. The number of halogens is 2. The van der Waals surface area contributed by atoms with Crippen LogP contribution >= 0.6 is 15.9 Å². The molecular weight excluding hydrogens is 451 g/mol. The number of ketones is 2. The Balaban J connectivity index is 2.00. The molecular formula is C23H24BrFN2O3. The topological polar surface area (TPSA) is 57.7 Å². The molecule has 0 N–H and O–H groups in total. The van der Waals surface area contributed by atoms with Crippen LogP contribution in [0.3, 0.4) is 0 Å². The summed E-state index contributed by atoms with van der Waals surface area (Å²) >= 11 is 3.43. The van der Waals surface area contributed by atoms with Crippen molar-refractivity contribution in [3.05, 3.63) is 69.9 Å². The molecule has 1 amide bonds. The molecule has 0 saturated carbocycles. The van der Waals surface area contributed by atoms with Gasteiger partial charge in [0.05, 0.1) is 6.04 Å². The van der Waals surface area contributed by atoms with E-state index in [9.17, 15) is 18.8 Å². The zero-order valence-corrected chi connectivity index (χ0v) is 18.6. The highest BCUT2D eigenvalue weighted by Crippen LogP contribution is 2.38. The van der Waals surface area contributed by atoms with Crippen LogP contribution in [0, 0.1) is 11.7 Å². The van der Waals surface area contributed by atoms with Crippen LogP contribution in [0.25, 0.3) is 0 Å². The zero-order chi connectivity index (χ0) is 21.8. The van der Waals surface area contributed by atoms with E-state index in [1.54, 1.807) is 0 Å². The first-order valence-corrected chi connectivity index (χ1v) is 10.8. The molecule has 0 spiro atoms. The fourth-order valence-corrected chi connectivity index (χ4v) is 4.29. The van der Waals surface area contributed by atoms with Crippen LogP contribution in [0.5, 0.6) is 0 Å². The molecule has 7 heteroatoms. The van der Waals surface area contributed by atoms with E-state index in [0.29, 0.717) is 18.7 Å². The maximum Gasteiger partial charge on any atom is 0.291 e. The Morgan fingerprint density at radius 3 is 2.37 bits per heavy atom. The van der Waals surface area contributed by atoms with Crippen molar-refractivity contribution >= 4 is 33.4 Å². The summed E-state index contributed by atoms with van der Waals surface area (Å²) in [5, 5.41) is 0. The first kappa shape index (κ1) is 22.3. The Bertz CT molecular complexity index is 944. The van der Waals surface area contributed by atoms with E-state index in [4.69, 9.17) is 0 Å². The number of hydrogen-bond acceptors (Lipinski definition) is 4. The average Bonchev–Trinajstić information content (AvgIpc) is 2.99. The van der Waals surface area contributed by atoms with Crippen molar-refractivity contribution in [2.75, 3.05) is 26.2 Å². The van der Waals surface area contributed by atoms with Gasteiger partial charge in [0.1, 0.15) is 11.7 Å². The van der Waals surface area contributed by atoms with Gasteiger partial charge in [-0.1, -0.05) is 41.9 Å². The molecule has 1 heterocycles. The molecule has 1 aliphatic heterocycles. The largest absolute Gasteiger partial charge is 0.327 e. The second-order valence-electron chi connectivity index (χ2n) is 7.24. The molecule has 2 unspecified atom stereocenters. The van der Waals surface area contributed by atoms with Crippen LogP contribution in [0.15, 0.2) is 53.0 Å². The van der Waals surface area contributed by atoms with E-state index in [1.165, 1.54) is 29.2 Å². The Labute approximate surface area is 184 Å². The molecule has 0 aromatic heterocycles. The van der Waals surface area contributed by atoms with Gasteiger partial charge in [-0.3, -0.25) is 14.4 Å². The highest BCUT2D eigenvalue weighted by Gasteiger charge is 2.51. The van der Waals surface area contributed by atoms with Gasteiger partial charge in [0.2, 0.25) is 5.78 Å². The van der Waals surface area contributed by atoms with E-state index >= 15 is 0 Å². The molecule has 0 radical (unpaired) electrons. The summed E-state index contributed by atoms with van der Waals surface area (Å²) in [6, 6.07) is 11.7. The van der Waals surface area contributed by atoms with Gasteiger partial charge in [-0.2, -0.15) is 0 Å². The van der Waals surface area contributed by atoms with Crippen LogP contribution in [0.1, 0.15) is 35.8 Å². The molecule has 1 fully saturated rings. The van der Waals surface area contributed by atoms with Crippen LogP contribution in [-0.2, 0) is 9.59 Å². The van der Waals surface area contributed by atoms with Crippen LogP contribution < -0.4 is 0 Å². The predicted molar refractivity (Wildman–Crippen MR) is 116 cm³/mol. The minimum atomic E-state index is -1.16. The number of nitrogens with zero attached hydrogens (tertiary/aromatic N) is 2. The van der Waals surface area contributed by atoms with Gasteiger partial charge in [-0.05, 0) is 55.1 Å². The van der Waals surface area contributed by atoms with E-state index in [2.05, 4.69) is 20.8 Å². The standard InChI is InChI=1S/C23H24BrFN2O3/c1-3-26(4-2)12-13-27-20(16-6-5-7-17(24)14-16)19(22(29)23(27)30)21(28)15-8-10-18(25)11-9-15/h5-11,14,19-20H,3-4,12-13H2,1-2H3. The van der Waals surface area contributed by atoms with E-state index in [-0.39, 0.29) is 5.56 Å². The number of Topliss-reactive ketones (excluding diaryl/α,β-unsaturated/α-hetero) is 2. The van der Waals surface area contributed by atoms with E-state index in [0.717, 1.165) is 17.6 Å². The molecule has 1 saturated heterocycles. The van der Waals surface area contributed by atoms with Crippen molar-refractivity contribution in [1.29, 1.82) is 0 Å². The lowest BCUT2D eigenvalue weighted by molar-refractivity contribution is -0.140. The molecule has 1 aliphatic rings. The van der Waals surface area contributed by atoms with Gasteiger partial charge in [0.25, 0.3) is 5.91 Å². The van der Waals surface area contributed by atoms with Crippen molar-refractivity contribution in [3.63, 3.8) is 0 Å². The van der Waals surface area contributed by atoms with Gasteiger partial charge in [0.15, 0.2) is 5.78 Å². The third-order valence-corrected chi connectivity index (χ3v) is 6.05. The molecule has 30 heavy (non-hydrogen) atoms. The Kier molecular flexibility index (Phi) is 7.15. The molecule has 0 bridgehead atoms. The second-order valence-corrected chi connectivity index (χ2v) is 8.15. The lowest BCUT2D eigenvalue weighted by Gasteiger charge is -2.29. The number of benzene rings is 2. The van der Waals surface area contributed by atoms with Crippen LogP contribution in [-0.4, -0.2) is 53.5 Å². The highest BCUT2D eigenvalue weighted by molar-refractivity contribution is 9.10. The fourth-order valence-electron chi connectivity index (χ4n) is 3.87. The smallest absolute Gasteiger partial charge is 0.291 e. The molecule has 2 aromatic carbocycles. The highest BCUT2D eigenvalue weighted by atomic mass is 79.9. The SMILES string of the molecule is CCN(CC)CCN1C(=O)C(=O)C(C(=O)c2ccc(F)cc2)C1c1cccc(Br)c1. The summed E-state index contributed by atoms with van der Waals surface area (Å²) < 4.78 is 14.1.